The van der Waals surface area contributed by atoms with Crippen molar-refractivity contribution in [2.45, 2.75) is 13.5 Å². The molecule has 0 bridgehead atoms. The van der Waals surface area contributed by atoms with Crippen LogP contribution in [-0.2, 0) is 6.54 Å². The highest BCUT2D eigenvalue weighted by molar-refractivity contribution is 5.19. The van der Waals surface area contributed by atoms with Crippen LogP contribution in [0.4, 0.5) is 6.01 Å². The molecule has 0 spiro atoms. The summed E-state index contributed by atoms with van der Waals surface area (Å²) in [5.74, 6) is 0. The van der Waals surface area contributed by atoms with Crippen LogP contribution in [-0.4, -0.2) is 26.3 Å². The van der Waals surface area contributed by atoms with E-state index in [9.17, 15) is 0 Å². The molecule has 14 heavy (non-hydrogen) atoms. The molecule has 0 aromatic carbocycles. The zero-order valence-electron chi connectivity index (χ0n) is 7.84. The number of hydrogen-bond donors (Lipinski definition) is 1. The summed E-state index contributed by atoms with van der Waals surface area (Å²) in [4.78, 5) is 7.94. The van der Waals surface area contributed by atoms with E-state index in [1.807, 2.05) is 6.92 Å². The van der Waals surface area contributed by atoms with Crippen molar-refractivity contribution in [3.63, 3.8) is 0 Å². The maximum atomic E-state index is 5.12. The zero-order chi connectivity index (χ0) is 9.80. The summed E-state index contributed by atoms with van der Waals surface area (Å²) in [6.07, 6.45) is 4.79. The van der Waals surface area contributed by atoms with Crippen LogP contribution < -0.4 is 5.32 Å². The van der Waals surface area contributed by atoms with Crippen molar-refractivity contribution in [1.29, 1.82) is 0 Å². The lowest BCUT2D eigenvalue weighted by molar-refractivity contribution is 0.559. The molecule has 2 heterocycles. The number of nitrogens with zero attached hydrogens (tertiary/aromatic N) is 4. The molecule has 1 N–H and O–H groups in total. The molecule has 2 aromatic rings. The Morgan fingerprint density at radius 1 is 1.57 bits per heavy atom. The standard InChI is InChI=1S/C8H11N5O/c1-7-4-14-8(12-7)10-2-3-13-6-9-5-11-13/h4-6H,2-3H2,1H3,(H,10,12). The van der Waals surface area contributed by atoms with Crippen LogP contribution in [0.25, 0.3) is 0 Å². The van der Waals surface area contributed by atoms with E-state index in [1.165, 1.54) is 6.33 Å². The van der Waals surface area contributed by atoms with Gasteiger partial charge in [0.25, 0.3) is 6.01 Å². The second-order valence-electron chi connectivity index (χ2n) is 2.88. The van der Waals surface area contributed by atoms with E-state index in [2.05, 4.69) is 20.4 Å². The van der Waals surface area contributed by atoms with Crippen LogP contribution in [0.2, 0.25) is 0 Å². The summed E-state index contributed by atoms with van der Waals surface area (Å²) in [7, 11) is 0. The van der Waals surface area contributed by atoms with Gasteiger partial charge in [0.15, 0.2) is 0 Å². The molecule has 0 aliphatic rings. The molecule has 0 atom stereocenters. The Hall–Kier alpha value is -1.85. The highest BCUT2D eigenvalue weighted by atomic mass is 16.4. The molecule has 6 heteroatoms. The fraction of sp³-hybridized carbons (Fsp3) is 0.375. The van der Waals surface area contributed by atoms with Gasteiger partial charge in [0, 0.05) is 6.54 Å². The van der Waals surface area contributed by atoms with Gasteiger partial charge in [-0.25, -0.2) is 4.98 Å². The topological polar surface area (TPSA) is 68.8 Å². The predicted octanol–water partition coefficient (Wildman–Crippen LogP) is 0.687. The van der Waals surface area contributed by atoms with Gasteiger partial charge >= 0.3 is 0 Å². The molecule has 0 aliphatic heterocycles. The SMILES string of the molecule is Cc1coc(NCCn2cncn2)n1. The first-order valence-electron chi connectivity index (χ1n) is 4.33. The summed E-state index contributed by atoms with van der Waals surface area (Å²) >= 11 is 0. The van der Waals surface area contributed by atoms with Crippen molar-refractivity contribution < 1.29 is 4.42 Å². The van der Waals surface area contributed by atoms with E-state index >= 15 is 0 Å². The van der Waals surface area contributed by atoms with E-state index in [-0.39, 0.29) is 0 Å². The second kappa shape index (κ2) is 3.91. The minimum absolute atomic E-state index is 0.544. The van der Waals surface area contributed by atoms with Gasteiger partial charge in [0.1, 0.15) is 18.9 Å². The molecule has 0 saturated heterocycles. The van der Waals surface area contributed by atoms with E-state index in [1.54, 1.807) is 17.3 Å². The average Bonchev–Trinajstić information content (AvgIpc) is 2.77. The summed E-state index contributed by atoms with van der Waals surface area (Å²) in [5.41, 5.74) is 0.869. The van der Waals surface area contributed by atoms with Crippen LogP contribution in [0.3, 0.4) is 0 Å². The molecule has 0 saturated carbocycles. The van der Waals surface area contributed by atoms with Crippen molar-refractivity contribution in [2.75, 3.05) is 11.9 Å². The molecular weight excluding hydrogens is 182 g/mol. The van der Waals surface area contributed by atoms with E-state index in [0.717, 1.165) is 12.2 Å². The Bertz CT molecular complexity index is 380. The minimum atomic E-state index is 0.544. The quantitative estimate of drug-likeness (QED) is 0.773. The maximum Gasteiger partial charge on any atom is 0.294 e. The first-order chi connectivity index (χ1) is 6.84. The number of nitrogens with one attached hydrogen (secondary N) is 1. The predicted molar refractivity (Wildman–Crippen MR) is 49.8 cm³/mol. The van der Waals surface area contributed by atoms with Crippen molar-refractivity contribution in [3.8, 4) is 0 Å². The number of hydrogen-bond acceptors (Lipinski definition) is 5. The Kier molecular flexibility index (Phi) is 2.44. The number of anilines is 1. The maximum absolute atomic E-state index is 5.12. The minimum Gasteiger partial charge on any atom is -0.432 e. The smallest absolute Gasteiger partial charge is 0.294 e. The molecule has 74 valence electrons. The van der Waals surface area contributed by atoms with Gasteiger partial charge < -0.3 is 9.73 Å². The van der Waals surface area contributed by atoms with Gasteiger partial charge in [-0.2, -0.15) is 10.1 Å². The van der Waals surface area contributed by atoms with E-state index in [0.29, 0.717) is 12.6 Å². The molecule has 6 nitrogen and oxygen atoms in total. The van der Waals surface area contributed by atoms with Gasteiger partial charge in [0.2, 0.25) is 0 Å². The third-order valence-corrected chi connectivity index (χ3v) is 1.70. The lowest BCUT2D eigenvalue weighted by atomic mass is 10.6. The van der Waals surface area contributed by atoms with Gasteiger partial charge in [-0.3, -0.25) is 4.68 Å². The van der Waals surface area contributed by atoms with E-state index in [4.69, 9.17) is 4.42 Å². The van der Waals surface area contributed by atoms with Crippen LogP contribution in [0.5, 0.6) is 0 Å². The molecule has 0 fully saturated rings. The monoisotopic (exact) mass is 193 g/mol. The van der Waals surface area contributed by atoms with Crippen molar-refractivity contribution in [2.24, 2.45) is 0 Å². The summed E-state index contributed by atoms with van der Waals surface area (Å²) in [6.45, 7) is 3.33. The van der Waals surface area contributed by atoms with E-state index < -0.39 is 0 Å². The van der Waals surface area contributed by atoms with Gasteiger partial charge in [-0.1, -0.05) is 0 Å². The number of aromatic nitrogens is 4. The number of aryl methyl sites for hydroxylation is 1. The Morgan fingerprint density at radius 2 is 2.50 bits per heavy atom. The summed E-state index contributed by atoms with van der Waals surface area (Å²) in [6, 6.07) is 0.544. The average molecular weight is 193 g/mol. The van der Waals surface area contributed by atoms with Crippen LogP contribution >= 0.6 is 0 Å². The Balaban J connectivity index is 1.78. The first-order valence-corrected chi connectivity index (χ1v) is 4.33. The summed E-state index contributed by atoms with van der Waals surface area (Å²) in [5, 5.41) is 7.00. The molecule has 0 unspecified atom stereocenters. The third-order valence-electron chi connectivity index (χ3n) is 1.70. The van der Waals surface area contributed by atoms with Crippen molar-refractivity contribution in [3.05, 3.63) is 24.6 Å². The lowest BCUT2D eigenvalue weighted by Gasteiger charge is -2.00. The normalized spacial score (nSPS) is 10.4. The highest BCUT2D eigenvalue weighted by Gasteiger charge is 1.98. The van der Waals surface area contributed by atoms with Crippen LogP contribution in [0, 0.1) is 6.92 Å². The zero-order valence-corrected chi connectivity index (χ0v) is 7.84. The molecule has 0 amide bonds. The third kappa shape index (κ3) is 2.09. The van der Waals surface area contributed by atoms with Crippen LogP contribution in [0.1, 0.15) is 5.69 Å². The molecule has 0 radical (unpaired) electrons. The van der Waals surface area contributed by atoms with Crippen LogP contribution in [0.15, 0.2) is 23.3 Å². The van der Waals surface area contributed by atoms with Crippen molar-refractivity contribution in [1.82, 2.24) is 19.7 Å². The molecule has 2 aromatic heterocycles. The van der Waals surface area contributed by atoms with Gasteiger partial charge in [-0.05, 0) is 6.92 Å². The fourth-order valence-electron chi connectivity index (χ4n) is 1.06. The molecule has 0 aliphatic carbocycles. The van der Waals surface area contributed by atoms with Gasteiger partial charge in [-0.15, -0.1) is 0 Å². The van der Waals surface area contributed by atoms with Gasteiger partial charge in [0.05, 0.1) is 12.2 Å². The Labute approximate surface area is 81.0 Å². The molecular formula is C8H11N5O. The second-order valence-corrected chi connectivity index (χ2v) is 2.88. The number of rotatable bonds is 4. The Morgan fingerprint density at radius 3 is 3.14 bits per heavy atom. The fourth-order valence-corrected chi connectivity index (χ4v) is 1.06. The highest BCUT2D eigenvalue weighted by Crippen LogP contribution is 2.04. The largest absolute Gasteiger partial charge is 0.432 e. The first kappa shape index (κ1) is 8.74. The van der Waals surface area contributed by atoms with Crippen molar-refractivity contribution >= 4 is 6.01 Å². The number of oxazole rings is 1. The summed E-state index contributed by atoms with van der Waals surface area (Å²) < 4.78 is 6.86. The lowest BCUT2D eigenvalue weighted by Crippen LogP contribution is -2.10. The molecule has 2 rings (SSSR count).